The van der Waals surface area contributed by atoms with E-state index in [1.807, 2.05) is 26.0 Å². The first-order valence-electron chi connectivity index (χ1n) is 10.9. The van der Waals surface area contributed by atoms with E-state index in [9.17, 15) is 8.78 Å². The third-order valence-electron chi connectivity index (χ3n) is 6.37. The smallest absolute Gasteiger partial charge is 0.264 e. The van der Waals surface area contributed by atoms with Crippen molar-refractivity contribution in [3.8, 4) is 0 Å². The number of anilines is 2. The molecule has 32 heavy (non-hydrogen) atoms. The molecule has 1 aliphatic heterocycles. The number of hydrogen-bond donors (Lipinski definition) is 1. The Balaban J connectivity index is 1.67. The van der Waals surface area contributed by atoms with Crippen LogP contribution in [0.2, 0.25) is 0 Å². The molecule has 4 rings (SSSR count). The third kappa shape index (κ3) is 4.37. The van der Waals surface area contributed by atoms with Crippen LogP contribution in [0.15, 0.2) is 30.5 Å². The van der Waals surface area contributed by atoms with Crippen molar-refractivity contribution >= 4 is 22.5 Å². The van der Waals surface area contributed by atoms with Gasteiger partial charge in [-0.25, -0.2) is 23.7 Å². The zero-order valence-corrected chi connectivity index (χ0v) is 19.2. The molecule has 1 N–H and O–H groups in total. The van der Waals surface area contributed by atoms with E-state index in [0.717, 1.165) is 41.8 Å². The number of aryl methyl sites for hydroxylation is 1. The average molecular weight is 441 g/mol. The summed E-state index contributed by atoms with van der Waals surface area (Å²) in [5, 5.41) is 4.32. The van der Waals surface area contributed by atoms with Gasteiger partial charge < -0.3 is 15.1 Å². The van der Waals surface area contributed by atoms with E-state index in [1.54, 1.807) is 19.2 Å². The van der Waals surface area contributed by atoms with Crippen LogP contribution in [0, 0.1) is 13.8 Å². The van der Waals surface area contributed by atoms with Crippen LogP contribution >= 0.6 is 0 Å². The first-order chi connectivity index (χ1) is 15.2. The summed E-state index contributed by atoms with van der Waals surface area (Å²) in [6, 6.07) is 7.38. The highest BCUT2D eigenvalue weighted by atomic mass is 19.3. The molecule has 3 heterocycles. The van der Waals surface area contributed by atoms with Crippen molar-refractivity contribution in [2.75, 3.05) is 37.4 Å². The van der Waals surface area contributed by atoms with Crippen LogP contribution in [0.25, 0.3) is 10.9 Å². The van der Waals surface area contributed by atoms with Crippen LogP contribution in [0.5, 0.6) is 0 Å². The maximum atomic E-state index is 13.4. The van der Waals surface area contributed by atoms with E-state index in [2.05, 4.69) is 44.2 Å². The largest absolute Gasteiger partial charge is 0.363 e. The summed E-state index contributed by atoms with van der Waals surface area (Å²) in [6.07, 6.45) is 0.393. The number of alkyl halides is 2. The van der Waals surface area contributed by atoms with Crippen LogP contribution < -0.4 is 10.2 Å². The number of nitrogens with zero attached hydrogens (tertiary/aromatic N) is 5. The van der Waals surface area contributed by atoms with Gasteiger partial charge in [0.25, 0.3) is 6.43 Å². The highest BCUT2D eigenvalue weighted by Gasteiger charge is 2.25. The lowest BCUT2D eigenvalue weighted by Crippen LogP contribution is -2.31. The second-order valence-electron chi connectivity index (χ2n) is 8.76. The van der Waals surface area contributed by atoms with Crippen LogP contribution in [0.3, 0.4) is 0 Å². The molecule has 0 bridgehead atoms. The molecule has 170 valence electrons. The Bertz CT molecular complexity index is 1120. The third-order valence-corrected chi connectivity index (χ3v) is 6.37. The topological polar surface area (TPSA) is 57.2 Å². The molecule has 8 heteroatoms. The highest BCUT2D eigenvalue weighted by molar-refractivity contribution is 5.90. The Hall–Kier alpha value is -2.87. The number of hydrogen-bond acceptors (Lipinski definition) is 6. The van der Waals surface area contributed by atoms with Gasteiger partial charge in [0.1, 0.15) is 17.5 Å². The summed E-state index contributed by atoms with van der Waals surface area (Å²) >= 11 is 0. The van der Waals surface area contributed by atoms with Gasteiger partial charge >= 0.3 is 0 Å². The molecular weight excluding hydrogens is 410 g/mol. The van der Waals surface area contributed by atoms with Crippen molar-refractivity contribution in [3.05, 3.63) is 53.0 Å². The summed E-state index contributed by atoms with van der Waals surface area (Å²) in [6.45, 7) is 7.43. The Kier molecular flexibility index (Phi) is 6.24. The number of pyridine rings is 1. The summed E-state index contributed by atoms with van der Waals surface area (Å²) in [4.78, 5) is 18.4. The first-order valence-corrected chi connectivity index (χ1v) is 10.9. The van der Waals surface area contributed by atoms with Crippen LogP contribution in [0.1, 0.15) is 48.3 Å². The number of rotatable bonds is 6. The molecule has 1 fully saturated rings. The van der Waals surface area contributed by atoms with Crippen molar-refractivity contribution < 1.29 is 8.78 Å². The molecule has 0 spiro atoms. The second kappa shape index (κ2) is 8.94. The van der Waals surface area contributed by atoms with Crippen molar-refractivity contribution in [1.82, 2.24) is 19.9 Å². The molecule has 1 saturated heterocycles. The fraction of sp³-hybridized carbons (Fsp3) is 0.458. The predicted octanol–water partition coefficient (Wildman–Crippen LogP) is 4.89. The van der Waals surface area contributed by atoms with Gasteiger partial charge in [0.15, 0.2) is 0 Å². The minimum atomic E-state index is -2.50. The summed E-state index contributed by atoms with van der Waals surface area (Å²) < 4.78 is 26.7. The van der Waals surface area contributed by atoms with Crippen LogP contribution in [-0.4, -0.2) is 53.1 Å². The molecule has 0 saturated carbocycles. The van der Waals surface area contributed by atoms with Crippen molar-refractivity contribution in [1.29, 1.82) is 0 Å². The number of benzene rings is 1. The zero-order valence-electron chi connectivity index (χ0n) is 19.2. The van der Waals surface area contributed by atoms with E-state index in [4.69, 9.17) is 0 Å². The number of halogens is 2. The number of aromatic nitrogens is 3. The molecule has 1 aliphatic rings. The Morgan fingerprint density at radius 1 is 1.16 bits per heavy atom. The number of likely N-dealkylation sites (N-methyl/N-ethyl adjacent to an activating group) is 1. The SMILES string of the molecule is Cc1nc(N[C@H](C)c2cccc(C(F)F)c2C)c2cc(N3CC[C@@H](N(C)C)C3)ncc2n1. The van der Waals surface area contributed by atoms with Crippen molar-refractivity contribution in [2.24, 2.45) is 0 Å². The van der Waals surface area contributed by atoms with Crippen LogP contribution in [0.4, 0.5) is 20.4 Å². The maximum Gasteiger partial charge on any atom is 0.264 e. The van der Waals surface area contributed by atoms with E-state index in [-0.39, 0.29) is 11.6 Å². The van der Waals surface area contributed by atoms with Gasteiger partial charge in [0, 0.05) is 30.1 Å². The normalized spacial score (nSPS) is 17.5. The quantitative estimate of drug-likeness (QED) is 0.589. The predicted molar refractivity (Wildman–Crippen MR) is 125 cm³/mol. The molecule has 3 aromatic rings. The number of fused-ring (bicyclic) bond motifs is 1. The Morgan fingerprint density at radius 2 is 1.91 bits per heavy atom. The van der Waals surface area contributed by atoms with Crippen molar-refractivity contribution in [3.63, 3.8) is 0 Å². The minimum Gasteiger partial charge on any atom is -0.363 e. The molecule has 0 aliphatic carbocycles. The molecule has 2 aromatic heterocycles. The Labute approximate surface area is 187 Å². The summed E-state index contributed by atoms with van der Waals surface area (Å²) in [5.74, 6) is 2.23. The lowest BCUT2D eigenvalue weighted by atomic mass is 9.97. The maximum absolute atomic E-state index is 13.4. The van der Waals surface area contributed by atoms with Gasteiger partial charge in [-0.1, -0.05) is 18.2 Å². The molecule has 2 atom stereocenters. The zero-order chi connectivity index (χ0) is 23.0. The average Bonchev–Trinajstić information content (AvgIpc) is 3.24. The molecule has 6 nitrogen and oxygen atoms in total. The molecule has 1 aromatic carbocycles. The minimum absolute atomic E-state index is 0.0656. The van der Waals surface area contributed by atoms with Gasteiger partial charge in [0.2, 0.25) is 0 Å². The van der Waals surface area contributed by atoms with E-state index in [0.29, 0.717) is 23.2 Å². The molecule has 0 radical (unpaired) electrons. The van der Waals surface area contributed by atoms with Gasteiger partial charge in [-0.05, 0) is 58.5 Å². The molecule has 0 amide bonds. The monoisotopic (exact) mass is 440 g/mol. The van der Waals surface area contributed by atoms with E-state index < -0.39 is 6.43 Å². The first kappa shape index (κ1) is 22.3. The van der Waals surface area contributed by atoms with Crippen molar-refractivity contribution in [2.45, 2.75) is 45.7 Å². The van der Waals surface area contributed by atoms with E-state index >= 15 is 0 Å². The van der Waals surface area contributed by atoms with Gasteiger partial charge in [0.05, 0.1) is 17.8 Å². The lowest BCUT2D eigenvalue weighted by Gasteiger charge is -2.22. The van der Waals surface area contributed by atoms with Crippen LogP contribution in [-0.2, 0) is 0 Å². The molecular formula is C24H30F2N6. The summed E-state index contributed by atoms with van der Waals surface area (Å²) in [5.41, 5.74) is 2.26. The highest BCUT2D eigenvalue weighted by Crippen LogP contribution is 2.32. The van der Waals surface area contributed by atoms with Gasteiger partial charge in [-0.3, -0.25) is 0 Å². The fourth-order valence-electron chi connectivity index (χ4n) is 4.45. The number of nitrogens with one attached hydrogen (secondary N) is 1. The Morgan fingerprint density at radius 3 is 2.59 bits per heavy atom. The molecule has 0 unspecified atom stereocenters. The second-order valence-corrected chi connectivity index (χ2v) is 8.76. The van der Waals surface area contributed by atoms with Gasteiger partial charge in [-0.2, -0.15) is 0 Å². The van der Waals surface area contributed by atoms with Gasteiger partial charge in [-0.15, -0.1) is 0 Å². The standard InChI is InChI=1S/C24H30F2N6/c1-14-18(7-6-8-19(14)23(25)26)15(2)28-24-20-11-22(27-12-21(20)29-16(3)30-24)32-10-9-17(13-32)31(4)5/h6-8,11-12,15,17,23H,9-10,13H2,1-5H3,(H,28,29,30)/t15-,17-/m1/s1. The van der Waals surface area contributed by atoms with E-state index in [1.165, 1.54) is 6.07 Å². The summed E-state index contributed by atoms with van der Waals surface area (Å²) in [7, 11) is 4.21. The lowest BCUT2D eigenvalue weighted by molar-refractivity contribution is 0.150. The fourth-order valence-corrected chi connectivity index (χ4v) is 4.45.